The summed E-state index contributed by atoms with van der Waals surface area (Å²) in [6.45, 7) is 0.378. The highest BCUT2D eigenvalue weighted by Crippen LogP contribution is 2.11. The lowest BCUT2D eigenvalue weighted by atomic mass is 10.1. The van der Waals surface area contributed by atoms with Gasteiger partial charge < -0.3 is 5.32 Å². The molecule has 0 bridgehead atoms. The van der Waals surface area contributed by atoms with Crippen LogP contribution in [0.25, 0.3) is 4.96 Å². The van der Waals surface area contributed by atoms with E-state index in [2.05, 4.69) is 10.3 Å². The van der Waals surface area contributed by atoms with Gasteiger partial charge in [-0.05, 0) is 17.7 Å². The van der Waals surface area contributed by atoms with Crippen molar-refractivity contribution in [2.75, 3.05) is 0 Å². The van der Waals surface area contributed by atoms with E-state index in [0.29, 0.717) is 12.1 Å². The van der Waals surface area contributed by atoms with Crippen LogP contribution in [0.5, 0.6) is 0 Å². The van der Waals surface area contributed by atoms with Crippen molar-refractivity contribution < 1.29 is 9.18 Å². The molecule has 1 aromatic carbocycles. The Bertz CT molecular complexity index is 721. The second kappa shape index (κ2) is 5.42. The normalized spacial score (nSPS) is 10.8. The Morgan fingerprint density at radius 3 is 3.15 bits per heavy atom. The number of aromatic nitrogens is 2. The van der Waals surface area contributed by atoms with Crippen LogP contribution < -0.4 is 5.32 Å². The summed E-state index contributed by atoms with van der Waals surface area (Å²) in [6.07, 6.45) is 3.97. The topological polar surface area (TPSA) is 46.4 Å². The molecule has 0 aliphatic heterocycles. The van der Waals surface area contributed by atoms with Crippen LogP contribution in [0.1, 0.15) is 11.3 Å². The van der Waals surface area contributed by atoms with Crippen molar-refractivity contribution in [1.29, 1.82) is 0 Å². The maximum atomic E-state index is 13.0. The number of hydrogen-bond donors (Lipinski definition) is 1. The lowest BCUT2D eigenvalue weighted by Gasteiger charge is -2.03. The molecule has 0 saturated heterocycles. The van der Waals surface area contributed by atoms with E-state index in [1.165, 1.54) is 12.1 Å². The number of nitrogens with one attached hydrogen (secondary N) is 1. The summed E-state index contributed by atoms with van der Waals surface area (Å²) in [5.41, 5.74) is 1.47. The van der Waals surface area contributed by atoms with Crippen LogP contribution in [0.4, 0.5) is 4.39 Å². The molecule has 0 radical (unpaired) electrons. The third-order valence-electron chi connectivity index (χ3n) is 2.86. The number of hydrogen-bond acceptors (Lipinski definition) is 3. The van der Waals surface area contributed by atoms with Crippen molar-refractivity contribution >= 4 is 22.2 Å². The molecule has 0 atom stereocenters. The summed E-state index contributed by atoms with van der Waals surface area (Å²) < 4.78 is 14.9. The van der Waals surface area contributed by atoms with E-state index in [0.717, 1.165) is 10.7 Å². The molecule has 0 aliphatic carbocycles. The fraction of sp³-hybridized carbons (Fsp3) is 0.143. The van der Waals surface area contributed by atoms with Gasteiger partial charge >= 0.3 is 0 Å². The Kier molecular flexibility index (Phi) is 3.47. The van der Waals surface area contributed by atoms with Gasteiger partial charge in [0.05, 0.1) is 18.7 Å². The molecule has 20 heavy (non-hydrogen) atoms. The van der Waals surface area contributed by atoms with E-state index in [1.807, 2.05) is 22.2 Å². The van der Waals surface area contributed by atoms with Gasteiger partial charge in [0.1, 0.15) is 5.82 Å². The lowest BCUT2D eigenvalue weighted by molar-refractivity contribution is -0.120. The van der Waals surface area contributed by atoms with Crippen LogP contribution in [0, 0.1) is 5.82 Å². The van der Waals surface area contributed by atoms with E-state index in [1.54, 1.807) is 23.5 Å². The van der Waals surface area contributed by atoms with Gasteiger partial charge in [0.25, 0.3) is 0 Å². The van der Waals surface area contributed by atoms with Crippen molar-refractivity contribution in [3.63, 3.8) is 0 Å². The second-order valence-electron chi connectivity index (χ2n) is 4.41. The molecular weight excluding hydrogens is 277 g/mol. The Hall–Kier alpha value is -2.21. The molecule has 3 aromatic rings. The predicted octanol–water partition coefficient (Wildman–Crippen LogP) is 2.39. The van der Waals surface area contributed by atoms with Gasteiger partial charge in [0.15, 0.2) is 4.96 Å². The molecule has 2 heterocycles. The summed E-state index contributed by atoms with van der Waals surface area (Å²) in [4.78, 5) is 17.1. The summed E-state index contributed by atoms with van der Waals surface area (Å²) in [6, 6.07) is 6.06. The first kappa shape index (κ1) is 12.8. The van der Waals surface area contributed by atoms with Gasteiger partial charge in [-0.2, -0.15) is 0 Å². The van der Waals surface area contributed by atoms with Crippen LogP contribution in [0.3, 0.4) is 0 Å². The zero-order valence-corrected chi connectivity index (χ0v) is 11.4. The number of halogens is 1. The molecule has 6 heteroatoms. The molecule has 102 valence electrons. The third kappa shape index (κ3) is 2.85. The van der Waals surface area contributed by atoms with Gasteiger partial charge in [0, 0.05) is 17.8 Å². The Morgan fingerprint density at radius 2 is 2.35 bits per heavy atom. The minimum absolute atomic E-state index is 0.146. The van der Waals surface area contributed by atoms with Crippen LogP contribution >= 0.6 is 11.3 Å². The zero-order chi connectivity index (χ0) is 13.9. The van der Waals surface area contributed by atoms with E-state index in [-0.39, 0.29) is 18.1 Å². The van der Waals surface area contributed by atoms with E-state index < -0.39 is 0 Å². The zero-order valence-electron chi connectivity index (χ0n) is 10.5. The summed E-state index contributed by atoms with van der Waals surface area (Å²) >= 11 is 1.54. The highest BCUT2D eigenvalue weighted by molar-refractivity contribution is 7.15. The highest BCUT2D eigenvalue weighted by Gasteiger charge is 2.06. The first-order valence-corrected chi connectivity index (χ1v) is 7.01. The average Bonchev–Trinajstić information content (AvgIpc) is 2.97. The molecule has 3 rings (SSSR count). The lowest BCUT2D eigenvalue weighted by Crippen LogP contribution is -2.24. The van der Waals surface area contributed by atoms with Crippen LogP contribution in [0.15, 0.2) is 42.0 Å². The molecule has 1 N–H and O–H groups in total. The van der Waals surface area contributed by atoms with Crippen LogP contribution in [-0.4, -0.2) is 15.3 Å². The molecule has 0 spiro atoms. The van der Waals surface area contributed by atoms with Gasteiger partial charge in [-0.1, -0.05) is 12.1 Å². The Balaban J connectivity index is 1.58. The van der Waals surface area contributed by atoms with Crippen LogP contribution in [0.2, 0.25) is 0 Å². The number of nitrogens with zero attached hydrogens (tertiary/aromatic N) is 2. The van der Waals surface area contributed by atoms with Crippen molar-refractivity contribution in [2.45, 2.75) is 13.0 Å². The van der Waals surface area contributed by atoms with E-state index in [9.17, 15) is 9.18 Å². The molecular formula is C14H12FN3OS. The molecule has 0 fully saturated rings. The Morgan fingerprint density at radius 1 is 1.45 bits per heavy atom. The van der Waals surface area contributed by atoms with Crippen molar-refractivity contribution in [2.24, 2.45) is 0 Å². The maximum absolute atomic E-state index is 13.0. The minimum atomic E-state index is -0.329. The molecule has 2 aromatic heterocycles. The monoisotopic (exact) mass is 289 g/mol. The molecule has 4 nitrogen and oxygen atoms in total. The number of rotatable bonds is 4. The fourth-order valence-corrected chi connectivity index (χ4v) is 2.66. The van der Waals surface area contributed by atoms with Crippen molar-refractivity contribution in [3.05, 3.63) is 59.1 Å². The second-order valence-corrected chi connectivity index (χ2v) is 5.28. The first-order valence-electron chi connectivity index (χ1n) is 6.13. The quantitative estimate of drug-likeness (QED) is 0.801. The van der Waals surface area contributed by atoms with Gasteiger partial charge in [-0.25, -0.2) is 9.37 Å². The number of amides is 1. The predicted molar refractivity (Wildman–Crippen MR) is 75.0 cm³/mol. The molecule has 0 saturated carbocycles. The SMILES string of the molecule is O=C(Cc1cccc(F)c1)NCc1cn2ccsc2n1. The number of carbonyl (C=O) groups is 1. The molecule has 0 unspecified atom stereocenters. The third-order valence-corrected chi connectivity index (χ3v) is 3.63. The van der Waals surface area contributed by atoms with Gasteiger partial charge in [-0.15, -0.1) is 11.3 Å². The smallest absolute Gasteiger partial charge is 0.224 e. The first-order chi connectivity index (χ1) is 9.70. The number of imidazole rings is 1. The number of fused-ring (bicyclic) bond motifs is 1. The Labute approximate surface area is 118 Å². The van der Waals surface area contributed by atoms with E-state index >= 15 is 0 Å². The number of benzene rings is 1. The average molecular weight is 289 g/mol. The maximum Gasteiger partial charge on any atom is 0.224 e. The number of carbonyl (C=O) groups excluding carboxylic acids is 1. The fourth-order valence-electron chi connectivity index (χ4n) is 1.95. The van der Waals surface area contributed by atoms with Gasteiger partial charge in [0.2, 0.25) is 5.91 Å². The minimum Gasteiger partial charge on any atom is -0.350 e. The summed E-state index contributed by atoms with van der Waals surface area (Å²) in [5, 5.41) is 4.74. The van der Waals surface area contributed by atoms with Crippen molar-refractivity contribution in [1.82, 2.24) is 14.7 Å². The molecule has 0 aliphatic rings. The standard InChI is InChI=1S/C14H12FN3OS/c15-11-3-1-2-10(6-11)7-13(19)16-8-12-9-18-4-5-20-14(18)17-12/h1-6,9H,7-8H2,(H,16,19). The largest absolute Gasteiger partial charge is 0.350 e. The molecule has 1 amide bonds. The van der Waals surface area contributed by atoms with E-state index in [4.69, 9.17) is 0 Å². The number of thiazole rings is 1. The highest BCUT2D eigenvalue weighted by atomic mass is 32.1. The summed E-state index contributed by atoms with van der Waals surface area (Å²) in [7, 11) is 0. The summed E-state index contributed by atoms with van der Waals surface area (Å²) in [5.74, 6) is -0.475. The van der Waals surface area contributed by atoms with Crippen molar-refractivity contribution in [3.8, 4) is 0 Å². The van der Waals surface area contributed by atoms with Gasteiger partial charge in [-0.3, -0.25) is 9.20 Å². The van der Waals surface area contributed by atoms with Crippen LogP contribution in [-0.2, 0) is 17.8 Å².